The first kappa shape index (κ1) is 16.0. The number of thiazole rings is 1. The summed E-state index contributed by atoms with van der Waals surface area (Å²) in [6.07, 6.45) is 1.21. The third-order valence-electron chi connectivity index (χ3n) is 2.96. The van der Waals surface area contributed by atoms with Crippen LogP contribution in [0.4, 0.5) is 10.8 Å². The number of fused-ring (bicyclic) bond motifs is 1. The molecule has 0 saturated carbocycles. The topological polar surface area (TPSA) is 123 Å². The Kier molecular flexibility index (Phi) is 4.23. The molecule has 0 radical (unpaired) electrons. The molecule has 1 aromatic carbocycles. The highest BCUT2D eigenvalue weighted by Gasteiger charge is 2.07. The minimum absolute atomic E-state index is 0.0279. The van der Waals surface area contributed by atoms with E-state index in [1.165, 1.54) is 24.5 Å². The average molecular weight is 361 g/mol. The summed E-state index contributed by atoms with van der Waals surface area (Å²) in [7, 11) is 0. The predicted octanol–water partition coefficient (Wildman–Crippen LogP) is 2.46. The molecule has 0 aliphatic carbocycles. The van der Waals surface area contributed by atoms with E-state index in [9.17, 15) is 14.7 Å². The zero-order valence-corrected chi connectivity index (χ0v) is 13.9. The smallest absolute Gasteiger partial charge is 0.264 e. The number of aromatic amines is 2. The van der Waals surface area contributed by atoms with Gasteiger partial charge in [0.05, 0.1) is 10.2 Å². The van der Waals surface area contributed by atoms with Crippen LogP contribution in [0.2, 0.25) is 0 Å². The number of benzene rings is 1. The van der Waals surface area contributed by atoms with E-state index in [-0.39, 0.29) is 22.1 Å². The fourth-order valence-corrected chi connectivity index (χ4v) is 3.01. The SMILES string of the molecule is CC(=O)Nc1ccc2nc(/N=C/c3c(O)[nH]c(=S)[nH]c3=O)sc2c1. The number of rotatable bonds is 3. The average Bonchev–Trinajstić information content (AvgIpc) is 2.87. The minimum atomic E-state index is -0.547. The van der Waals surface area contributed by atoms with Gasteiger partial charge in [-0.05, 0) is 30.4 Å². The van der Waals surface area contributed by atoms with Crippen LogP contribution in [0.15, 0.2) is 28.0 Å². The number of H-pyrrole nitrogens is 2. The highest BCUT2D eigenvalue weighted by Crippen LogP contribution is 2.30. The molecule has 4 N–H and O–H groups in total. The van der Waals surface area contributed by atoms with Crippen molar-refractivity contribution in [2.45, 2.75) is 6.92 Å². The number of aromatic hydroxyl groups is 1. The van der Waals surface area contributed by atoms with Gasteiger partial charge in [-0.25, -0.2) is 9.98 Å². The van der Waals surface area contributed by atoms with Gasteiger partial charge in [-0.2, -0.15) is 0 Å². The van der Waals surface area contributed by atoms with Gasteiger partial charge in [-0.3, -0.25) is 14.6 Å². The molecule has 0 aliphatic rings. The standard InChI is InChI=1S/C14H11N5O3S2/c1-6(20)16-7-2-3-9-10(4-7)24-14(17-9)15-5-8-11(21)18-13(23)19-12(8)22/h2-5H,1H3,(H,16,20)(H3,18,19,21,22,23)/b15-5+. The molecule has 3 rings (SSSR count). The number of nitrogens with zero attached hydrogens (tertiary/aromatic N) is 2. The predicted molar refractivity (Wildman–Crippen MR) is 95.1 cm³/mol. The van der Waals surface area contributed by atoms with Crippen LogP contribution in [0.1, 0.15) is 12.5 Å². The first-order valence-corrected chi connectivity index (χ1v) is 7.92. The van der Waals surface area contributed by atoms with Gasteiger partial charge in [-0.15, -0.1) is 0 Å². The number of nitrogens with one attached hydrogen (secondary N) is 3. The maximum absolute atomic E-state index is 11.8. The zero-order valence-electron chi connectivity index (χ0n) is 12.3. The van der Waals surface area contributed by atoms with Crippen LogP contribution in [0.25, 0.3) is 10.2 Å². The number of amides is 1. The quantitative estimate of drug-likeness (QED) is 0.421. The van der Waals surface area contributed by atoms with Crippen molar-refractivity contribution in [1.82, 2.24) is 15.0 Å². The van der Waals surface area contributed by atoms with Crippen molar-refractivity contribution in [2.24, 2.45) is 4.99 Å². The lowest BCUT2D eigenvalue weighted by atomic mass is 10.3. The van der Waals surface area contributed by atoms with Crippen molar-refractivity contribution in [2.75, 3.05) is 5.32 Å². The first-order valence-electron chi connectivity index (χ1n) is 6.70. The van der Waals surface area contributed by atoms with E-state index in [4.69, 9.17) is 12.2 Å². The molecule has 24 heavy (non-hydrogen) atoms. The van der Waals surface area contributed by atoms with Crippen molar-refractivity contribution >= 4 is 56.7 Å². The van der Waals surface area contributed by atoms with E-state index in [1.54, 1.807) is 18.2 Å². The molecule has 2 aromatic heterocycles. The number of hydrogen-bond acceptors (Lipinski definition) is 7. The van der Waals surface area contributed by atoms with Crippen LogP contribution in [0, 0.1) is 4.77 Å². The number of aliphatic imine (C=N–C) groups is 1. The van der Waals surface area contributed by atoms with Gasteiger partial charge in [0.25, 0.3) is 5.56 Å². The molecular weight excluding hydrogens is 350 g/mol. The van der Waals surface area contributed by atoms with E-state index < -0.39 is 5.56 Å². The summed E-state index contributed by atoms with van der Waals surface area (Å²) < 4.78 is 0.860. The Hall–Kier alpha value is -2.85. The number of anilines is 1. The summed E-state index contributed by atoms with van der Waals surface area (Å²) in [5.74, 6) is -0.519. The van der Waals surface area contributed by atoms with Crippen molar-refractivity contribution in [1.29, 1.82) is 0 Å². The second-order valence-electron chi connectivity index (χ2n) is 4.79. The van der Waals surface area contributed by atoms with Gasteiger partial charge in [0.15, 0.2) is 4.77 Å². The summed E-state index contributed by atoms with van der Waals surface area (Å²) in [5.41, 5.74) is 0.793. The number of hydrogen-bond donors (Lipinski definition) is 4. The Balaban J connectivity index is 1.94. The fourth-order valence-electron chi connectivity index (χ4n) is 1.97. The monoisotopic (exact) mass is 361 g/mol. The summed E-state index contributed by atoms with van der Waals surface area (Å²) in [4.78, 5) is 36.1. The molecule has 0 fully saturated rings. The zero-order chi connectivity index (χ0) is 17.3. The first-order chi connectivity index (χ1) is 11.4. The molecule has 1 amide bonds. The molecule has 0 atom stereocenters. The lowest BCUT2D eigenvalue weighted by Crippen LogP contribution is -2.13. The van der Waals surface area contributed by atoms with Crippen LogP contribution >= 0.6 is 23.6 Å². The van der Waals surface area contributed by atoms with Gasteiger partial charge in [-0.1, -0.05) is 11.3 Å². The van der Waals surface area contributed by atoms with Crippen LogP contribution in [0.5, 0.6) is 5.88 Å². The Morgan fingerprint density at radius 1 is 1.46 bits per heavy atom. The van der Waals surface area contributed by atoms with E-state index in [1.807, 2.05) is 0 Å². The summed E-state index contributed by atoms with van der Waals surface area (Å²) in [5, 5.41) is 12.8. The Bertz CT molecular complexity index is 1080. The van der Waals surface area contributed by atoms with E-state index in [0.29, 0.717) is 16.3 Å². The molecule has 2 heterocycles. The Morgan fingerprint density at radius 3 is 2.96 bits per heavy atom. The number of carbonyl (C=O) groups excluding carboxylic acids is 1. The Morgan fingerprint density at radius 2 is 2.25 bits per heavy atom. The van der Waals surface area contributed by atoms with Crippen molar-refractivity contribution in [3.05, 3.63) is 38.9 Å². The fraction of sp³-hybridized carbons (Fsp3) is 0.0714. The van der Waals surface area contributed by atoms with Crippen molar-refractivity contribution in [3.63, 3.8) is 0 Å². The molecule has 3 aromatic rings. The van der Waals surface area contributed by atoms with Crippen LogP contribution < -0.4 is 10.9 Å². The molecule has 0 spiro atoms. The molecular formula is C14H11N5O3S2. The molecule has 122 valence electrons. The van der Waals surface area contributed by atoms with Gasteiger partial charge < -0.3 is 15.4 Å². The maximum Gasteiger partial charge on any atom is 0.264 e. The van der Waals surface area contributed by atoms with Crippen molar-refractivity contribution in [3.8, 4) is 5.88 Å². The van der Waals surface area contributed by atoms with E-state index in [2.05, 4.69) is 25.3 Å². The molecule has 0 saturated heterocycles. The molecule has 0 unspecified atom stereocenters. The van der Waals surface area contributed by atoms with Gasteiger partial charge in [0.1, 0.15) is 5.56 Å². The summed E-state index contributed by atoms with van der Waals surface area (Å²) in [6, 6.07) is 5.29. The van der Waals surface area contributed by atoms with Gasteiger partial charge in [0, 0.05) is 18.8 Å². The van der Waals surface area contributed by atoms with Crippen LogP contribution in [0.3, 0.4) is 0 Å². The highest BCUT2D eigenvalue weighted by molar-refractivity contribution is 7.71. The lowest BCUT2D eigenvalue weighted by Gasteiger charge is -1.99. The van der Waals surface area contributed by atoms with Gasteiger partial charge >= 0.3 is 0 Å². The molecule has 0 aliphatic heterocycles. The summed E-state index contributed by atoms with van der Waals surface area (Å²) >= 11 is 6.04. The minimum Gasteiger partial charge on any atom is -0.494 e. The normalized spacial score (nSPS) is 11.2. The Labute approximate surface area is 143 Å². The second kappa shape index (κ2) is 6.34. The molecule has 8 nitrogen and oxygen atoms in total. The molecule has 10 heteroatoms. The maximum atomic E-state index is 11.8. The van der Waals surface area contributed by atoms with Crippen LogP contribution in [-0.2, 0) is 4.79 Å². The largest absolute Gasteiger partial charge is 0.494 e. The molecule has 0 bridgehead atoms. The number of aromatic nitrogens is 3. The number of carbonyl (C=O) groups is 1. The highest BCUT2D eigenvalue weighted by atomic mass is 32.1. The third kappa shape index (κ3) is 3.39. The van der Waals surface area contributed by atoms with Gasteiger partial charge in [0.2, 0.25) is 16.9 Å². The third-order valence-corrected chi connectivity index (χ3v) is 4.09. The lowest BCUT2D eigenvalue weighted by molar-refractivity contribution is -0.114. The van der Waals surface area contributed by atoms with E-state index >= 15 is 0 Å². The second-order valence-corrected chi connectivity index (χ2v) is 6.21. The van der Waals surface area contributed by atoms with Crippen LogP contribution in [-0.4, -0.2) is 32.2 Å². The van der Waals surface area contributed by atoms with Crippen molar-refractivity contribution < 1.29 is 9.90 Å². The van der Waals surface area contributed by atoms with E-state index in [0.717, 1.165) is 4.70 Å². The summed E-state index contributed by atoms with van der Waals surface area (Å²) in [6.45, 7) is 1.43.